The minimum atomic E-state index is -3.46. The SMILES string of the molecule is Cc1ccc(S(=O)(=O)NCCNCc2cccc(O)c2)cc1. The highest BCUT2D eigenvalue weighted by atomic mass is 32.2. The van der Waals surface area contributed by atoms with Crippen molar-refractivity contribution in [1.82, 2.24) is 10.0 Å². The molecular formula is C16H20N2O3S. The van der Waals surface area contributed by atoms with Crippen molar-refractivity contribution in [3.63, 3.8) is 0 Å². The molecule has 0 bridgehead atoms. The summed E-state index contributed by atoms with van der Waals surface area (Å²) >= 11 is 0. The number of aromatic hydroxyl groups is 1. The van der Waals surface area contributed by atoms with Crippen LogP contribution in [0.4, 0.5) is 0 Å². The molecule has 0 aromatic heterocycles. The van der Waals surface area contributed by atoms with Crippen LogP contribution in [0.15, 0.2) is 53.4 Å². The molecule has 0 spiro atoms. The number of aryl methyl sites for hydroxylation is 1. The van der Waals surface area contributed by atoms with E-state index in [-0.39, 0.29) is 10.6 Å². The molecule has 0 aliphatic rings. The molecule has 0 unspecified atom stereocenters. The standard InChI is InChI=1S/C16H20N2O3S/c1-13-5-7-16(8-6-13)22(20,21)18-10-9-17-12-14-3-2-4-15(19)11-14/h2-8,11,17-19H,9-10,12H2,1H3. The van der Waals surface area contributed by atoms with Crippen LogP contribution in [0.5, 0.6) is 5.75 Å². The fourth-order valence-corrected chi connectivity index (χ4v) is 3.01. The molecule has 118 valence electrons. The van der Waals surface area contributed by atoms with E-state index in [1.165, 1.54) is 0 Å². The smallest absolute Gasteiger partial charge is 0.240 e. The van der Waals surface area contributed by atoms with E-state index in [9.17, 15) is 13.5 Å². The first-order valence-corrected chi connectivity index (χ1v) is 8.51. The van der Waals surface area contributed by atoms with Crippen LogP contribution in [0.2, 0.25) is 0 Å². The Balaban J connectivity index is 1.77. The average molecular weight is 320 g/mol. The molecule has 5 nitrogen and oxygen atoms in total. The molecule has 2 aromatic rings. The van der Waals surface area contributed by atoms with Crippen LogP contribution in [-0.4, -0.2) is 26.6 Å². The first-order valence-electron chi connectivity index (χ1n) is 7.02. The van der Waals surface area contributed by atoms with Gasteiger partial charge in [-0.1, -0.05) is 29.8 Å². The van der Waals surface area contributed by atoms with Crippen LogP contribution in [0.1, 0.15) is 11.1 Å². The third kappa shape index (κ3) is 4.84. The number of nitrogens with one attached hydrogen (secondary N) is 2. The minimum absolute atomic E-state index is 0.222. The number of hydrogen-bond donors (Lipinski definition) is 3. The summed E-state index contributed by atoms with van der Waals surface area (Å²) in [6, 6.07) is 13.7. The largest absolute Gasteiger partial charge is 0.508 e. The Bertz CT molecular complexity index is 712. The van der Waals surface area contributed by atoms with Gasteiger partial charge in [0.2, 0.25) is 10.0 Å². The Morgan fingerprint density at radius 1 is 1.05 bits per heavy atom. The molecule has 2 aromatic carbocycles. The number of phenolic OH excluding ortho intramolecular Hbond substituents is 1. The molecule has 2 rings (SSSR count). The van der Waals surface area contributed by atoms with Crippen molar-refractivity contribution in [1.29, 1.82) is 0 Å². The van der Waals surface area contributed by atoms with E-state index in [0.717, 1.165) is 11.1 Å². The highest BCUT2D eigenvalue weighted by Gasteiger charge is 2.12. The third-order valence-electron chi connectivity index (χ3n) is 3.16. The van der Waals surface area contributed by atoms with Crippen LogP contribution in [0, 0.1) is 6.92 Å². The summed E-state index contributed by atoms with van der Waals surface area (Å²) in [4.78, 5) is 0.270. The van der Waals surface area contributed by atoms with Gasteiger partial charge in [0.05, 0.1) is 4.90 Å². The zero-order chi connectivity index (χ0) is 16.0. The van der Waals surface area contributed by atoms with Crippen molar-refractivity contribution in [2.24, 2.45) is 0 Å². The van der Waals surface area contributed by atoms with Gasteiger partial charge in [0.15, 0.2) is 0 Å². The molecule has 0 radical (unpaired) electrons. The van der Waals surface area contributed by atoms with Crippen LogP contribution in [-0.2, 0) is 16.6 Å². The molecule has 0 atom stereocenters. The first-order chi connectivity index (χ1) is 10.5. The van der Waals surface area contributed by atoms with Gasteiger partial charge >= 0.3 is 0 Å². The minimum Gasteiger partial charge on any atom is -0.508 e. The second kappa shape index (κ2) is 7.40. The molecule has 0 aliphatic heterocycles. The maximum absolute atomic E-state index is 12.0. The topological polar surface area (TPSA) is 78.4 Å². The average Bonchev–Trinajstić information content (AvgIpc) is 2.47. The van der Waals surface area contributed by atoms with Crippen molar-refractivity contribution < 1.29 is 13.5 Å². The van der Waals surface area contributed by atoms with E-state index in [1.807, 2.05) is 13.0 Å². The predicted octanol–water partition coefficient (Wildman–Crippen LogP) is 1.77. The summed E-state index contributed by atoms with van der Waals surface area (Å²) < 4.78 is 26.7. The van der Waals surface area contributed by atoms with Gasteiger partial charge in [0.25, 0.3) is 0 Å². The lowest BCUT2D eigenvalue weighted by atomic mass is 10.2. The molecule has 0 fully saturated rings. The Kier molecular flexibility index (Phi) is 5.54. The zero-order valence-electron chi connectivity index (χ0n) is 12.4. The fourth-order valence-electron chi connectivity index (χ4n) is 1.97. The molecule has 0 amide bonds. The molecule has 0 aliphatic carbocycles. The van der Waals surface area contributed by atoms with Gasteiger partial charge in [-0.2, -0.15) is 0 Å². The van der Waals surface area contributed by atoms with E-state index >= 15 is 0 Å². The second-order valence-corrected chi connectivity index (χ2v) is 6.82. The van der Waals surface area contributed by atoms with Crippen molar-refractivity contribution in [2.75, 3.05) is 13.1 Å². The monoisotopic (exact) mass is 320 g/mol. The van der Waals surface area contributed by atoms with Crippen molar-refractivity contribution >= 4 is 10.0 Å². The molecular weight excluding hydrogens is 300 g/mol. The van der Waals surface area contributed by atoms with Crippen molar-refractivity contribution in [3.8, 4) is 5.75 Å². The van der Waals surface area contributed by atoms with E-state index in [4.69, 9.17) is 0 Å². The van der Waals surface area contributed by atoms with Gasteiger partial charge in [0, 0.05) is 19.6 Å². The number of benzene rings is 2. The van der Waals surface area contributed by atoms with Crippen molar-refractivity contribution in [2.45, 2.75) is 18.4 Å². The first kappa shape index (κ1) is 16.5. The molecule has 6 heteroatoms. The number of hydrogen-bond acceptors (Lipinski definition) is 4. The summed E-state index contributed by atoms with van der Waals surface area (Å²) in [5.74, 6) is 0.222. The lowest BCUT2D eigenvalue weighted by Crippen LogP contribution is -2.31. The molecule has 22 heavy (non-hydrogen) atoms. The highest BCUT2D eigenvalue weighted by Crippen LogP contribution is 2.10. The van der Waals surface area contributed by atoms with Gasteiger partial charge in [-0.3, -0.25) is 0 Å². The van der Waals surface area contributed by atoms with Gasteiger partial charge in [-0.05, 0) is 36.8 Å². The van der Waals surface area contributed by atoms with Crippen LogP contribution in [0.3, 0.4) is 0 Å². The Morgan fingerprint density at radius 3 is 2.45 bits per heavy atom. The number of rotatable bonds is 7. The molecule has 0 heterocycles. The Morgan fingerprint density at radius 2 is 1.77 bits per heavy atom. The summed E-state index contributed by atoms with van der Waals surface area (Å²) in [6.07, 6.45) is 0. The Hall–Kier alpha value is -1.89. The highest BCUT2D eigenvalue weighted by molar-refractivity contribution is 7.89. The van der Waals surface area contributed by atoms with E-state index in [2.05, 4.69) is 10.0 Å². The second-order valence-electron chi connectivity index (χ2n) is 5.06. The lowest BCUT2D eigenvalue weighted by molar-refractivity contribution is 0.474. The maximum atomic E-state index is 12.0. The molecule has 3 N–H and O–H groups in total. The third-order valence-corrected chi connectivity index (χ3v) is 4.64. The Labute approximate surface area is 131 Å². The van der Waals surface area contributed by atoms with Gasteiger partial charge in [-0.15, -0.1) is 0 Å². The molecule has 0 saturated carbocycles. The van der Waals surface area contributed by atoms with Gasteiger partial charge in [0.1, 0.15) is 5.75 Å². The van der Waals surface area contributed by atoms with Gasteiger partial charge < -0.3 is 10.4 Å². The predicted molar refractivity (Wildman–Crippen MR) is 86.2 cm³/mol. The van der Waals surface area contributed by atoms with Gasteiger partial charge in [-0.25, -0.2) is 13.1 Å². The lowest BCUT2D eigenvalue weighted by Gasteiger charge is -2.08. The zero-order valence-corrected chi connectivity index (χ0v) is 13.2. The fraction of sp³-hybridized carbons (Fsp3) is 0.250. The van der Waals surface area contributed by atoms with Crippen LogP contribution in [0.25, 0.3) is 0 Å². The number of phenols is 1. The van der Waals surface area contributed by atoms with Crippen molar-refractivity contribution in [3.05, 3.63) is 59.7 Å². The summed E-state index contributed by atoms with van der Waals surface area (Å²) in [5, 5.41) is 12.5. The van der Waals surface area contributed by atoms with E-state index in [1.54, 1.807) is 42.5 Å². The summed E-state index contributed by atoms with van der Waals surface area (Å²) in [7, 11) is -3.46. The van der Waals surface area contributed by atoms with E-state index in [0.29, 0.717) is 19.6 Å². The number of sulfonamides is 1. The summed E-state index contributed by atoms with van der Waals surface area (Å²) in [6.45, 7) is 3.28. The van der Waals surface area contributed by atoms with Crippen LogP contribution >= 0.6 is 0 Å². The van der Waals surface area contributed by atoms with E-state index < -0.39 is 10.0 Å². The summed E-state index contributed by atoms with van der Waals surface area (Å²) in [5.41, 5.74) is 1.97. The normalized spacial score (nSPS) is 11.5. The van der Waals surface area contributed by atoms with Crippen LogP contribution < -0.4 is 10.0 Å². The maximum Gasteiger partial charge on any atom is 0.240 e. The molecule has 0 saturated heterocycles. The quantitative estimate of drug-likeness (QED) is 0.679.